The number of carbonyl (C=O) groups excluding carboxylic acids is 1. The van der Waals surface area contributed by atoms with E-state index in [2.05, 4.69) is 5.10 Å². The first-order valence-corrected chi connectivity index (χ1v) is 5.68. The fourth-order valence-corrected chi connectivity index (χ4v) is 1.26. The number of ether oxygens (including phenoxy) is 1. The molecule has 0 aliphatic rings. The molecule has 0 unspecified atom stereocenters. The second kappa shape index (κ2) is 5.20. The van der Waals surface area contributed by atoms with Crippen molar-refractivity contribution >= 4 is 11.9 Å². The zero-order valence-corrected chi connectivity index (χ0v) is 11.0. The summed E-state index contributed by atoms with van der Waals surface area (Å²) in [6.45, 7) is 7.12. The van der Waals surface area contributed by atoms with Crippen LogP contribution in [0.2, 0.25) is 0 Å². The highest BCUT2D eigenvalue weighted by Gasteiger charge is 2.20. The van der Waals surface area contributed by atoms with Crippen LogP contribution in [0.1, 0.15) is 38.2 Å². The fraction of sp³-hybridized carbons (Fsp3) is 0.583. The topological polar surface area (TPSA) is 81.4 Å². The van der Waals surface area contributed by atoms with Gasteiger partial charge in [0, 0.05) is 6.20 Å². The molecule has 1 heterocycles. The van der Waals surface area contributed by atoms with Gasteiger partial charge in [0.2, 0.25) is 0 Å². The van der Waals surface area contributed by atoms with E-state index in [4.69, 9.17) is 9.84 Å². The molecule has 0 aliphatic carbocycles. The molecule has 0 saturated carbocycles. The lowest BCUT2D eigenvalue weighted by Crippen LogP contribution is -2.24. The molecule has 0 spiro atoms. The summed E-state index contributed by atoms with van der Waals surface area (Å²) in [6.07, 6.45) is 1.57. The monoisotopic (exact) mass is 254 g/mol. The van der Waals surface area contributed by atoms with Crippen molar-refractivity contribution in [2.24, 2.45) is 5.92 Å². The van der Waals surface area contributed by atoms with Crippen LogP contribution in [-0.4, -0.2) is 32.4 Å². The number of nitrogens with zero attached hydrogens (tertiary/aromatic N) is 2. The minimum absolute atomic E-state index is 0.183. The van der Waals surface area contributed by atoms with Crippen molar-refractivity contribution in [3.63, 3.8) is 0 Å². The van der Waals surface area contributed by atoms with Gasteiger partial charge in [0.25, 0.3) is 0 Å². The van der Waals surface area contributed by atoms with E-state index in [-0.39, 0.29) is 12.2 Å². The molecule has 18 heavy (non-hydrogen) atoms. The molecule has 0 amide bonds. The number of esters is 1. The molecule has 1 N–H and O–H groups in total. The van der Waals surface area contributed by atoms with Crippen LogP contribution in [0, 0.1) is 5.92 Å². The maximum Gasteiger partial charge on any atom is 0.359 e. The molecule has 0 bridgehead atoms. The Bertz CT molecular complexity index is 445. The zero-order valence-electron chi connectivity index (χ0n) is 11.0. The number of carbonyl (C=O) groups is 2. The third-order valence-corrected chi connectivity index (χ3v) is 2.13. The van der Waals surface area contributed by atoms with Gasteiger partial charge in [-0.1, -0.05) is 6.92 Å². The second-order valence-electron chi connectivity index (χ2n) is 5.16. The largest absolute Gasteiger partial charge is 0.481 e. The standard InChI is InChI=1S/C12H18N2O4/c1-8(10(15)16)7-14-6-5-9(13-14)11(17)18-12(2,3)4/h5-6,8H,7H2,1-4H3,(H,15,16)/t8-/m0/s1. The van der Waals surface area contributed by atoms with Crippen LogP contribution < -0.4 is 0 Å². The van der Waals surface area contributed by atoms with Crippen molar-refractivity contribution in [1.29, 1.82) is 0 Å². The molecule has 1 atom stereocenters. The predicted molar refractivity (Wildman–Crippen MR) is 64.2 cm³/mol. The van der Waals surface area contributed by atoms with Crippen LogP contribution in [0.25, 0.3) is 0 Å². The van der Waals surface area contributed by atoms with Gasteiger partial charge in [-0.3, -0.25) is 9.48 Å². The number of carboxylic acid groups (broad SMARTS) is 1. The van der Waals surface area contributed by atoms with E-state index in [0.29, 0.717) is 0 Å². The molecule has 6 nitrogen and oxygen atoms in total. The summed E-state index contributed by atoms with van der Waals surface area (Å²) in [5.41, 5.74) is -0.391. The van der Waals surface area contributed by atoms with Crippen LogP contribution in [0.3, 0.4) is 0 Å². The number of hydrogen-bond acceptors (Lipinski definition) is 4. The van der Waals surface area contributed by atoms with Crippen molar-refractivity contribution < 1.29 is 19.4 Å². The minimum Gasteiger partial charge on any atom is -0.481 e. The van der Waals surface area contributed by atoms with E-state index < -0.39 is 23.5 Å². The lowest BCUT2D eigenvalue weighted by molar-refractivity contribution is -0.141. The SMILES string of the molecule is C[C@@H](Cn1ccc(C(=O)OC(C)(C)C)n1)C(=O)O. The molecule has 1 aromatic rings. The van der Waals surface area contributed by atoms with Gasteiger partial charge >= 0.3 is 11.9 Å². The summed E-state index contributed by atoms with van der Waals surface area (Å²) in [4.78, 5) is 22.4. The summed E-state index contributed by atoms with van der Waals surface area (Å²) >= 11 is 0. The smallest absolute Gasteiger partial charge is 0.359 e. The van der Waals surface area contributed by atoms with Crippen molar-refractivity contribution in [2.75, 3.05) is 0 Å². The van der Waals surface area contributed by atoms with Gasteiger partial charge in [-0.15, -0.1) is 0 Å². The molecule has 0 radical (unpaired) electrons. The molecular formula is C12H18N2O4. The van der Waals surface area contributed by atoms with Crippen molar-refractivity contribution in [3.8, 4) is 0 Å². The zero-order chi connectivity index (χ0) is 13.9. The van der Waals surface area contributed by atoms with Crippen LogP contribution in [0.4, 0.5) is 0 Å². The van der Waals surface area contributed by atoms with E-state index in [0.717, 1.165) is 0 Å². The molecule has 0 aliphatic heterocycles. The van der Waals surface area contributed by atoms with Gasteiger partial charge in [-0.2, -0.15) is 5.10 Å². The highest BCUT2D eigenvalue weighted by molar-refractivity contribution is 5.87. The van der Waals surface area contributed by atoms with Crippen molar-refractivity contribution in [2.45, 2.75) is 39.8 Å². The van der Waals surface area contributed by atoms with Crippen molar-refractivity contribution in [3.05, 3.63) is 18.0 Å². The quantitative estimate of drug-likeness (QED) is 0.824. The Morgan fingerprint density at radius 2 is 2.11 bits per heavy atom. The van der Waals surface area contributed by atoms with Crippen LogP contribution in [0.5, 0.6) is 0 Å². The number of rotatable bonds is 4. The fourth-order valence-electron chi connectivity index (χ4n) is 1.26. The Morgan fingerprint density at radius 3 is 2.61 bits per heavy atom. The molecule has 100 valence electrons. The Balaban J connectivity index is 2.69. The van der Waals surface area contributed by atoms with E-state index in [1.165, 1.54) is 10.7 Å². The lowest BCUT2D eigenvalue weighted by atomic mass is 10.2. The molecule has 0 fully saturated rings. The third kappa shape index (κ3) is 4.20. The van der Waals surface area contributed by atoms with Gasteiger partial charge in [0.15, 0.2) is 5.69 Å². The predicted octanol–water partition coefficient (Wildman–Crippen LogP) is 1.56. The van der Waals surface area contributed by atoms with Gasteiger partial charge < -0.3 is 9.84 Å². The average Bonchev–Trinajstić information content (AvgIpc) is 2.63. The van der Waals surface area contributed by atoms with Gasteiger partial charge in [-0.05, 0) is 26.8 Å². The van der Waals surface area contributed by atoms with E-state index in [9.17, 15) is 9.59 Å². The molecular weight excluding hydrogens is 236 g/mol. The number of aliphatic carboxylic acids is 1. The highest BCUT2D eigenvalue weighted by atomic mass is 16.6. The van der Waals surface area contributed by atoms with E-state index in [1.54, 1.807) is 33.9 Å². The number of hydrogen-bond donors (Lipinski definition) is 1. The Labute approximate surface area is 106 Å². The van der Waals surface area contributed by atoms with E-state index in [1.807, 2.05) is 0 Å². The lowest BCUT2D eigenvalue weighted by Gasteiger charge is -2.18. The summed E-state index contributed by atoms with van der Waals surface area (Å²) in [6, 6.07) is 1.52. The van der Waals surface area contributed by atoms with Gasteiger partial charge in [0.1, 0.15) is 5.60 Å². The first-order valence-electron chi connectivity index (χ1n) is 5.68. The maximum absolute atomic E-state index is 11.7. The summed E-state index contributed by atoms with van der Waals surface area (Å²) in [5, 5.41) is 12.8. The first-order chi connectivity index (χ1) is 8.19. The van der Waals surface area contributed by atoms with Crippen molar-refractivity contribution in [1.82, 2.24) is 9.78 Å². The number of carboxylic acids is 1. The van der Waals surface area contributed by atoms with Crippen LogP contribution in [0.15, 0.2) is 12.3 Å². The molecule has 1 aromatic heterocycles. The van der Waals surface area contributed by atoms with Gasteiger partial charge in [-0.25, -0.2) is 4.79 Å². The van der Waals surface area contributed by atoms with Crippen LogP contribution in [-0.2, 0) is 16.1 Å². The maximum atomic E-state index is 11.7. The first kappa shape index (κ1) is 14.2. The highest BCUT2D eigenvalue weighted by Crippen LogP contribution is 2.11. The Morgan fingerprint density at radius 1 is 1.50 bits per heavy atom. The average molecular weight is 254 g/mol. The molecule has 0 saturated heterocycles. The summed E-state index contributed by atoms with van der Waals surface area (Å²) in [7, 11) is 0. The second-order valence-corrected chi connectivity index (χ2v) is 5.16. The van der Waals surface area contributed by atoms with Gasteiger partial charge in [0.05, 0.1) is 12.5 Å². The molecule has 6 heteroatoms. The Hall–Kier alpha value is -1.85. The normalized spacial score (nSPS) is 13.1. The number of aromatic nitrogens is 2. The molecule has 1 rings (SSSR count). The van der Waals surface area contributed by atoms with E-state index >= 15 is 0 Å². The third-order valence-electron chi connectivity index (χ3n) is 2.13. The Kier molecular flexibility index (Phi) is 4.11. The summed E-state index contributed by atoms with van der Waals surface area (Å²) in [5.74, 6) is -1.97. The minimum atomic E-state index is -0.899. The van der Waals surface area contributed by atoms with Crippen LogP contribution >= 0.6 is 0 Å². The summed E-state index contributed by atoms with van der Waals surface area (Å²) < 4.78 is 6.59. The molecule has 0 aromatic carbocycles.